The third-order valence-corrected chi connectivity index (χ3v) is 5.98. The summed E-state index contributed by atoms with van der Waals surface area (Å²) in [4.78, 5) is 14.1. The molecule has 0 atom stereocenters. The van der Waals surface area contributed by atoms with Crippen LogP contribution in [0.5, 0.6) is 5.75 Å². The van der Waals surface area contributed by atoms with E-state index in [0.717, 1.165) is 45.6 Å². The number of nitrogens with two attached hydrogens (primary N) is 1. The van der Waals surface area contributed by atoms with E-state index in [-0.39, 0.29) is 5.56 Å². The molecule has 0 radical (unpaired) electrons. The third kappa shape index (κ3) is 4.97. The number of ether oxygens (including phenoxy) is 1. The van der Waals surface area contributed by atoms with Gasteiger partial charge in [-0.05, 0) is 59.0 Å². The summed E-state index contributed by atoms with van der Waals surface area (Å²) < 4.78 is 7.74. The first-order valence-corrected chi connectivity index (χ1v) is 11.6. The van der Waals surface area contributed by atoms with E-state index in [9.17, 15) is 4.79 Å². The minimum atomic E-state index is -0.0210. The van der Waals surface area contributed by atoms with Crippen LogP contribution in [0.1, 0.15) is 25.8 Å². The molecule has 0 saturated heterocycles. The largest absolute Gasteiger partial charge is 0.493 e. The van der Waals surface area contributed by atoms with Gasteiger partial charge in [-0.15, -0.1) is 11.8 Å². The first-order valence-electron chi connectivity index (χ1n) is 10.6. The quantitative estimate of drug-likeness (QED) is 0.478. The van der Waals surface area contributed by atoms with Crippen LogP contribution >= 0.6 is 11.8 Å². The van der Waals surface area contributed by atoms with Gasteiger partial charge in [0.15, 0.2) is 0 Å². The van der Waals surface area contributed by atoms with Crippen molar-refractivity contribution in [3.8, 4) is 16.9 Å². The van der Waals surface area contributed by atoms with Crippen LogP contribution in [-0.2, 0) is 7.05 Å². The Balaban J connectivity index is 2.32. The van der Waals surface area contributed by atoms with Crippen molar-refractivity contribution >= 4 is 28.1 Å². The smallest absolute Gasteiger partial charge is 0.258 e. The summed E-state index contributed by atoms with van der Waals surface area (Å²) in [5.74, 6) is 1.82. The lowest BCUT2D eigenvalue weighted by Crippen LogP contribution is -2.17. The Labute approximate surface area is 188 Å². The number of benzene rings is 2. The van der Waals surface area contributed by atoms with Crippen LogP contribution in [0.15, 0.2) is 58.5 Å². The highest BCUT2D eigenvalue weighted by Gasteiger charge is 2.15. The van der Waals surface area contributed by atoms with E-state index in [4.69, 9.17) is 10.5 Å². The van der Waals surface area contributed by atoms with Gasteiger partial charge in [0.25, 0.3) is 5.56 Å². The van der Waals surface area contributed by atoms with E-state index in [1.165, 1.54) is 4.90 Å². The molecule has 3 aromatic rings. The second-order valence-electron chi connectivity index (χ2n) is 7.32. The summed E-state index contributed by atoms with van der Waals surface area (Å²) in [6, 6.07) is 12.2. The van der Waals surface area contributed by atoms with E-state index in [2.05, 4.69) is 37.4 Å². The summed E-state index contributed by atoms with van der Waals surface area (Å²) in [5.41, 5.74) is 9.90. The van der Waals surface area contributed by atoms with Gasteiger partial charge in [-0.25, -0.2) is 0 Å². The van der Waals surface area contributed by atoms with Gasteiger partial charge in [0, 0.05) is 54.4 Å². The standard InChI is InChI=1S/C25H31N3O2S/c1-5-11-30-24-10-8-19(31-6-2)13-22(24)23-16-28(4)25(29)20-9-7-17(12-21(20)23)18(14-26)15-27-3/h7-10,12-13,15-16,27H,5-6,11,14,26H2,1-4H3/b18-15+. The average molecular weight is 438 g/mol. The Bertz CT molecular complexity index is 1150. The number of aryl methyl sites for hydroxylation is 1. The van der Waals surface area contributed by atoms with E-state index in [1.807, 2.05) is 37.6 Å². The lowest BCUT2D eigenvalue weighted by molar-refractivity contribution is 0.318. The molecule has 2 aromatic carbocycles. The van der Waals surface area contributed by atoms with Gasteiger partial charge in [0.1, 0.15) is 5.75 Å². The van der Waals surface area contributed by atoms with Crippen molar-refractivity contribution in [1.82, 2.24) is 9.88 Å². The van der Waals surface area contributed by atoms with Gasteiger partial charge < -0.3 is 20.4 Å². The molecule has 3 rings (SSSR count). The van der Waals surface area contributed by atoms with E-state index in [0.29, 0.717) is 18.5 Å². The van der Waals surface area contributed by atoms with Crippen molar-refractivity contribution < 1.29 is 4.74 Å². The number of hydrogen-bond acceptors (Lipinski definition) is 5. The molecular formula is C25H31N3O2S. The highest BCUT2D eigenvalue weighted by molar-refractivity contribution is 7.99. The molecule has 0 saturated carbocycles. The zero-order valence-electron chi connectivity index (χ0n) is 18.7. The molecule has 0 fully saturated rings. The fraction of sp³-hybridized carbons (Fsp3) is 0.320. The van der Waals surface area contributed by atoms with Crippen LogP contribution in [0.25, 0.3) is 27.5 Å². The van der Waals surface area contributed by atoms with E-state index >= 15 is 0 Å². The number of thioether (sulfide) groups is 1. The van der Waals surface area contributed by atoms with Crippen molar-refractivity contribution in [1.29, 1.82) is 0 Å². The summed E-state index contributed by atoms with van der Waals surface area (Å²) in [6.45, 7) is 5.28. The molecule has 0 aliphatic heterocycles. The van der Waals surface area contributed by atoms with Gasteiger partial charge >= 0.3 is 0 Å². The topological polar surface area (TPSA) is 69.3 Å². The summed E-state index contributed by atoms with van der Waals surface area (Å²) in [6.07, 6.45) is 4.74. The van der Waals surface area contributed by atoms with Gasteiger partial charge in [0.2, 0.25) is 0 Å². The number of nitrogens with zero attached hydrogens (tertiary/aromatic N) is 1. The van der Waals surface area contributed by atoms with Crippen molar-refractivity contribution in [2.45, 2.75) is 25.2 Å². The first kappa shape index (κ1) is 23.0. The molecule has 0 unspecified atom stereocenters. The van der Waals surface area contributed by atoms with Crippen LogP contribution in [0, 0.1) is 0 Å². The maximum Gasteiger partial charge on any atom is 0.258 e. The summed E-state index contributed by atoms with van der Waals surface area (Å²) >= 11 is 1.79. The van der Waals surface area contributed by atoms with Crippen molar-refractivity contribution in [3.63, 3.8) is 0 Å². The third-order valence-electron chi connectivity index (χ3n) is 5.11. The molecule has 1 aromatic heterocycles. The molecule has 31 heavy (non-hydrogen) atoms. The molecule has 3 N–H and O–H groups in total. The van der Waals surface area contributed by atoms with Crippen molar-refractivity contribution in [3.05, 3.63) is 64.7 Å². The lowest BCUT2D eigenvalue weighted by atomic mass is 9.96. The Hall–Kier alpha value is -2.70. The monoisotopic (exact) mass is 437 g/mol. The molecular weight excluding hydrogens is 406 g/mol. The Morgan fingerprint density at radius 1 is 1.16 bits per heavy atom. The van der Waals surface area contributed by atoms with E-state index < -0.39 is 0 Å². The number of nitrogens with one attached hydrogen (secondary N) is 1. The van der Waals surface area contributed by atoms with Gasteiger partial charge in [-0.2, -0.15) is 0 Å². The maximum absolute atomic E-state index is 12.9. The second kappa shape index (κ2) is 10.6. The lowest BCUT2D eigenvalue weighted by Gasteiger charge is -2.17. The molecule has 0 bridgehead atoms. The molecule has 0 spiro atoms. The number of pyridine rings is 1. The first-order chi connectivity index (χ1) is 15.0. The Morgan fingerprint density at radius 2 is 1.97 bits per heavy atom. The zero-order valence-corrected chi connectivity index (χ0v) is 19.5. The minimum Gasteiger partial charge on any atom is -0.493 e. The van der Waals surface area contributed by atoms with Gasteiger partial charge in [-0.1, -0.05) is 19.9 Å². The molecule has 0 aliphatic carbocycles. The maximum atomic E-state index is 12.9. The summed E-state index contributed by atoms with van der Waals surface area (Å²) in [5, 5.41) is 4.63. The van der Waals surface area contributed by atoms with Crippen LogP contribution in [0.4, 0.5) is 0 Å². The highest BCUT2D eigenvalue weighted by Crippen LogP contribution is 2.38. The van der Waals surface area contributed by atoms with Gasteiger partial charge in [0.05, 0.1) is 6.61 Å². The number of rotatable bonds is 9. The van der Waals surface area contributed by atoms with Crippen LogP contribution in [-0.4, -0.2) is 30.5 Å². The number of aromatic nitrogens is 1. The SMILES string of the molecule is CCCOc1ccc(SCC)cc1-c1cn(C)c(=O)c2ccc(/C(=C/NC)CN)cc12. The predicted molar refractivity (Wildman–Crippen MR) is 133 cm³/mol. The zero-order chi connectivity index (χ0) is 22.4. The molecule has 0 amide bonds. The van der Waals surface area contributed by atoms with Crippen LogP contribution in [0.3, 0.4) is 0 Å². The normalized spacial score (nSPS) is 11.7. The predicted octanol–water partition coefficient (Wildman–Crippen LogP) is 4.63. The Kier molecular flexibility index (Phi) is 7.82. The van der Waals surface area contributed by atoms with Crippen LogP contribution < -0.4 is 21.3 Å². The number of hydrogen-bond donors (Lipinski definition) is 2. The second-order valence-corrected chi connectivity index (χ2v) is 8.66. The minimum absolute atomic E-state index is 0.0210. The highest BCUT2D eigenvalue weighted by atomic mass is 32.2. The van der Waals surface area contributed by atoms with E-state index in [1.54, 1.807) is 23.4 Å². The van der Waals surface area contributed by atoms with Crippen LogP contribution in [0.2, 0.25) is 0 Å². The van der Waals surface area contributed by atoms with Crippen molar-refractivity contribution in [2.75, 3.05) is 26.0 Å². The molecule has 164 valence electrons. The fourth-order valence-corrected chi connectivity index (χ4v) is 4.33. The van der Waals surface area contributed by atoms with Crippen molar-refractivity contribution in [2.24, 2.45) is 12.8 Å². The molecule has 1 heterocycles. The average Bonchev–Trinajstić information content (AvgIpc) is 2.79. The molecule has 0 aliphatic rings. The molecule has 6 heteroatoms. The Morgan fingerprint density at radius 3 is 2.65 bits per heavy atom. The summed E-state index contributed by atoms with van der Waals surface area (Å²) in [7, 11) is 3.65. The number of fused-ring (bicyclic) bond motifs is 1. The molecule has 5 nitrogen and oxygen atoms in total. The fourth-order valence-electron chi connectivity index (χ4n) is 3.63. The van der Waals surface area contributed by atoms with Gasteiger partial charge in [-0.3, -0.25) is 4.79 Å².